The van der Waals surface area contributed by atoms with Gasteiger partial charge in [0.05, 0.1) is 19.7 Å². The Morgan fingerprint density at radius 2 is 1.56 bits per heavy atom. The van der Waals surface area contributed by atoms with Crippen LogP contribution < -0.4 is 20.1 Å². The maximum Gasteiger partial charge on any atom is 0.186 e. The zero-order chi connectivity index (χ0) is 25.1. The van der Waals surface area contributed by atoms with E-state index in [1.54, 1.807) is 26.4 Å². The van der Waals surface area contributed by atoms with Gasteiger partial charge in [-0.15, -0.1) is 0 Å². The van der Waals surface area contributed by atoms with Crippen molar-refractivity contribution < 1.29 is 19.1 Å². The SMILES string of the molecule is COc1cc2ncnc(Nc3ccc(Nc4ccccc4)c(C4=CC(=O)C=CC4=O)c3)c2cc1OC. The van der Waals surface area contributed by atoms with Crippen LogP contribution in [0.5, 0.6) is 11.5 Å². The molecule has 1 aliphatic carbocycles. The third kappa shape index (κ3) is 4.52. The molecule has 4 aromatic rings. The number of methoxy groups -OCH3 is 2. The highest BCUT2D eigenvalue weighted by Crippen LogP contribution is 2.36. The number of anilines is 4. The van der Waals surface area contributed by atoms with Gasteiger partial charge in [0.2, 0.25) is 0 Å². The van der Waals surface area contributed by atoms with Gasteiger partial charge >= 0.3 is 0 Å². The van der Waals surface area contributed by atoms with Crippen molar-refractivity contribution in [3.05, 3.63) is 90.8 Å². The molecule has 0 saturated carbocycles. The molecule has 0 unspecified atom stereocenters. The van der Waals surface area contributed by atoms with Crippen LogP contribution in [-0.4, -0.2) is 35.8 Å². The molecule has 8 nitrogen and oxygen atoms in total. The molecule has 1 aliphatic rings. The number of aromatic nitrogens is 2. The second-order valence-corrected chi connectivity index (χ2v) is 7.98. The quantitative estimate of drug-likeness (QED) is 0.348. The lowest BCUT2D eigenvalue weighted by molar-refractivity contribution is -0.113. The van der Waals surface area contributed by atoms with E-state index in [0.29, 0.717) is 45.3 Å². The molecule has 1 heterocycles. The van der Waals surface area contributed by atoms with E-state index in [4.69, 9.17) is 9.47 Å². The lowest BCUT2D eigenvalue weighted by Crippen LogP contribution is -2.09. The maximum absolute atomic E-state index is 12.7. The summed E-state index contributed by atoms with van der Waals surface area (Å²) in [7, 11) is 3.13. The summed E-state index contributed by atoms with van der Waals surface area (Å²) in [6, 6.07) is 18.7. The minimum atomic E-state index is -0.243. The fourth-order valence-electron chi connectivity index (χ4n) is 3.97. The summed E-state index contributed by atoms with van der Waals surface area (Å²) >= 11 is 0. The van der Waals surface area contributed by atoms with E-state index in [1.165, 1.54) is 24.6 Å². The molecule has 0 spiro atoms. The number of ether oxygens (including phenoxy) is 2. The van der Waals surface area contributed by atoms with Gasteiger partial charge < -0.3 is 20.1 Å². The lowest BCUT2D eigenvalue weighted by atomic mass is 9.94. The monoisotopic (exact) mass is 478 g/mol. The number of hydrogen-bond acceptors (Lipinski definition) is 8. The van der Waals surface area contributed by atoms with Crippen LogP contribution in [0.25, 0.3) is 16.5 Å². The van der Waals surface area contributed by atoms with Crippen LogP contribution >= 0.6 is 0 Å². The van der Waals surface area contributed by atoms with Gasteiger partial charge in [0.1, 0.15) is 12.1 Å². The van der Waals surface area contributed by atoms with Crippen molar-refractivity contribution in [1.82, 2.24) is 9.97 Å². The van der Waals surface area contributed by atoms with Crippen LogP contribution in [0.4, 0.5) is 22.9 Å². The first kappa shape index (κ1) is 22.8. The average Bonchev–Trinajstić information content (AvgIpc) is 2.91. The van der Waals surface area contributed by atoms with Crippen LogP contribution in [0.1, 0.15) is 5.56 Å². The predicted octanol–water partition coefficient (Wildman–Crippen LogP) is 5.23. The molecular weight excluding hydrogens is 456 g/mol. The number of rotatable bonds is 7. The van der Waals surface area contributed by atoms with E-state index < -0.39 is 0 Å². The summed E-state index contributed by atoms with van der Waals surface area (Å²) in [5, 5.41) is 7.39. The Labute approximate surface area is 207 Å². The van der Waals surface area contributed by atoms with Crippen molar-refractivity contribution in [3.63, 3.8) is 0 Å². The van der Waals surface area contributed by atoms with Crippen molar-refractivity contribution in [3.8, 4) is 11.5 Å². The summed E-state index contributed by atoms with van der Waals surface area (Å²) < 4.78 is 10.8. The molecule has 0 atom stereocenters. The van der Waals surface area contributed by atoms with Crippen molar-refractivity contribution in [2.45, 2.75) is 0 Å². The van der Waals surface area contributed by atoms with Gasteiger partial charge in [0.15, 0.2) is 23.1 Å². The summed E-state index contributed by atoms with van der Waals surface area (Å²) in [4.78, 5) is 33.6. The van der Waals surface area contributed by atoms with Crippen LogP contribution in [0, 0.1) is 0 Å². The molecule has 8 heteroatoms. The van der Waals surface area contributed by atoms with Gasteiger partial charge in [-0.1, -0.05) is 18.2 Å². The highest BCUT2D eigenvalue weighted by molar-refractivity contribution is 6.34. The second-order valence-electron chi connectivity index (χ2n) is 7.98. The van der Waals surface area contributed by atoms with Crippen LogP contribution in [0.15, 0.2) is 85.2 Å². The standard InChI is InChI=1S/C28H22N4O4/c1-35-26-14-22-24(15-27(26)36-2)29-16-30-28(22)32-18-8-10-23(31-17-6-4-3-5-7-17)20(12-18)21-13-19(33)9-11-25(21)34/h3-16,31H,1-2H3,(H,29,30,32). The van der Waals surface area contributed by atoms with E-state index in [-0.39, 0.29) is 11.6 Å². The molecule has 0 bridgehead atoms. The number of benzene rings is 3. The molecule has 2 N–H and O–H groups in total. The van der Waals surface area contributed by atoms with E-state index in [1.807, 2.05) is 48.5 Å². The zero-order valence-corrected chi connectivity index (χ0v) is 19.6. The predicted molar refractivity (Wildman–Crippen MR) is 139 cm³/mol. The first-order chi connectivity index (χ1) is 17.6. The number of carbonyl (C=O) groups excluding carboxylic acids is 2. The Balaban J connectivity index is 1.58. The Morgan fingerprint density at radius 3 is 2.33 bits per heavy atom. The van der Waals surface area contributed by atoms with E-state index in [9.17, 15) is 9.59 Å². The minimum Gasteiger partial charge on any atom is -0.493 e. The second kappa shape index (κ2) is 9.71. The topological polar surface area (TPSA) is 102 Å². The summed E-state index contributed by atoms with van der Waals surface area (Å²) in [6.07, 6.45) is 5.38. The highest BCUT2D eigenvalue weighted by Gasteiger charge is 2.20. The number of hydrogen-bond donors (Lipinski definition) is 2. The first-order valence-corrected chi connectivity index (χ1v) is 11.1. The number of para-hydroxylation sites is 1. The molecule has 0 amide bonds. The maximum atomic E-state index is 12.7. The third-order valence-corrected chi connectivity index (χ3v) is 5.72. The molecule has 3 aromatic carbocycles. The number of nitrogens with zero attached hydrogens (tertiary/aromatic N) is 2. The Hall–Kier alpha value is -4.98. The fraction of sp³-hybridized carbons (Fsp3) is 0.0714. The molecule has 0 saturated heterocycles. The molecule has 0 aliphatic heterocycles. The molecule has 5 rings (SSSR count). The van der Waals surface area contributed by atoms with Crippen molar-refractivity contribution in [2.75, 3.05) is 24.9 Å². The normalized spacial score (nSPS) is 12.9. The first-order valence-electron chi connectivity index (χ1n) is 11.1. The van der Waals surface area contributed by atoms with E-state index >= 15 is 0 Å². The largest absolute Gasteiger partial charge is 0.493 e. The lowest BCUT2D eigenvalue weighted by Gasteiger charge is -2.17. The van der Waals surface area contributed by atoms with E-state index in [0.717, 1.165) is 11.1 Å². The Kier molecular flexibility index (Phi) is 6.15. The van der Waals surface area contributed by atoms with Gasteiger partial charge in [0.25, 0.3) is 0 Å². The number of nitrogens with one attached hydrogen (secondary N) is 2. The molecular formula is C28H22N4O4. The Morgan fingerprint density at radius 1 is 0.778 bits per heavy atom. The van der Waals surface area contributed by atoms with Gasteiger partial charge in [-0.3, -0.25) is 9.59 Å². The Bertz CT molecular complexity index is 1540. The molecule has 1 aromatic heterocycles. The van der Waals surface area contributed by atoms with Crippen molar-refractivity contribution >= 4 is 50.9 Å². The van der Waals surface area contributed by atoms with Crippen LogP contribution in [-0.2, 0) is 9.59 Å². The van der Waals surface area contributed by atoms with Gasteiger partial charge in [0, 0.05) is 39.7 Å². The van der Waals surface area contributed by atoms with Gasteiger partial charge in [-0.2, -0.15) is 0 Å². The summed E-state index contributed by atoms with van der Waals surface area (Å²) in [5.41, 5.74) is 3.79. The minimum absolute atomic E-state index is 0.239. The number of carbonyl (C=O) groups is 2. The van der Waals surface area contributed by atoms with Crippen LogP contribution in [0.3, 0.4) is 0 Å². The van der Waals surface area contributed by atoms with Crippen molar-refractivity contribution in [1.29, 1.82) is 0 Å². The smallest absolute Gasteiger partial charge is 0.186 e. The van der Waals surface area contributed by atoms with Crippen molar-refractivity contribution in [2.24, 2.45) is 0 Å². The number of allylic oxidation sites excluding steroid dienone is 4. The fourth-order valence-corrected chi connectivity index (χ4v) is 3.97. The molecule has 0 fully saturated rings. The summed E-state index contributed by atoms with van der Waals surface area (Å²) in [5.74, 6) is 1.18. The van der Waals surface area contributed by atoms with Gasteiger partial charge in [-0.25, -0.2) is 9.97 Å². The summed E-state index contributed by atoms with van der Waals surface area (Å²) in [6.45, 7) is 0. The molecule has 36 heavy (non-hydrogen) atoms. The van der Waals surface area contributed by atoms with E-state index in [2.05, 4.69) is 20.6 Å². The molecule has 0 radical (unpaired) electrons. The number of fused-ring (bicyclic) bond motifs is 1. The average molecular weight is 479 g/mol. The van der Waals surface area contributed by atoms with Crippen LogP contribution in [0.2, 0.25) is 0 Å². The zero-order valence-electron chi connectivity index (χ0n) is 19.6. The van der Waals surface area contributed by atoms with Gasteiger partial charge in [-0.05, 0) is 54.6 Å². The highest BCUT2D eigenvalue weighted by atomic mass is 16.5. The third-order valence-electron chi connectivity index (χ3n) is 5.72. The molecule has 178 valence electrons. The number of ketones is 2.